The van der Waals surface area contributed by atoms with Crippen molar-refractivity contribution in [3.8, 4) is 5.75 Å². The van der Waals surface area contributed by atoms with Crippen molar-refractivity contribution in [2.24, 2.45) is 0 Å². The van der Waals surface area contributed by atoms with Gasteiger partial charge in [-0.2, -0.15) is 0 Å². The Hall–Kier alpha value is -3.09. The predicted octanol–water partition coefficient (Wildman–Crippen LogP) is 2.42. The molecule has 0 saturated carbocycles. The van der Waals surface area contributed by atoms with Crippen LogP contribution in [-0.2, 0) is 17.8 Å². The van der Waals surface area contributed by atoms with E-state index in [9.17, 15) is 14.0 Å². The van der Waals surface area contributed by atoms with Crippen molar-refractivity contribution in [3.05, 3.63) is 63.9 Å². The van der Waals surface area contributed by atoms with Gasteiger partial charge in [0.15, 0.2) is 11.4 Å². The summed E-state index contributed by atoms with van der Waals surface area (Å²) in [5.74, 6) is -1.94. The zero-order valence-corrected chi connectivity index (χ0v) is 12.8. The minimum atomic E-state index is -1.15. The highest BCUT2D eigenvalue weighted by Gasteiger charge is 2.18. The SMILES string of the molecule is COc1ccc(Cn2c(=O)oc3ccc(CC(=O)O)c(F)c32)cc1. The van der Waals surface area contributed by atoms with E-state index in [4.69, 9.17) is 14.3 Å². The minimum Gasteiger partial charge on any atom is -0.497 e. The van der Waals surface area contributed by atoms with Crippen molar-refractivity contribution in [3.63, 3.8) is 0 Å². The second-order valence-electron chi connectivity index (χ2n) is 5.26. The van der Waals surface area contributed by atoms with Gasteiger partial charge in [-0.25, -0.2) is 9.18 Å². The Labute approximate surface area is 135 Å². The number of oxazole rings is 1. The topological polar surface area (TPSA) is 81.7 Å². The number of hydrogen-bond donors (Lipinski definition) is 1. The van der Waals surface area contributed by atoms with Gasteiger partial charge in [0.1, 0.15) is 11.3 Å². The van der Waals surface area contributed by atoms with Crippen LogP contribution in [0.4, 0.5) is 4.39 Å². The molecule has 3 aromatic rings. The van der Waals surface area contributed by atoms with Gasteiger partial charge >= 0.3 is 11.7 Å². The highest BCUT2D eigenvalue weighted by molar-refractivity contribution is 5.78. The predicted molar refractivity (Wildman–Crippen MR) is 83.9 cm³/mol. The van der Waals surface area contributed by atoms with Gasteiger partial charge in [0, 0.05) is 5.56 Å². The molecule has 0 aliphatic carbocycles. The van der Waals surface area contributed by atoms with Crippen LogP contribution >= 0.6 is 0 Å². The molecule has 24 heavy (non-hydrogen) atoms. The lowest BCUT2D eigenvalue weighted by Crippen LogP contribution is -2.16. The van der Waals surface area contributed by atoms with Crippen molar-refractivity contribution in [2.45, 2.75) is 13.0 Å². The Morgan fingerprint density at radius 2 is 1.96 bits per heavy atom. The molecule has 124 valence electrons. The van der Waals surface area contributed by atoms with Gasteiger partial charge in [0.25, 0.3) is 0 Å². The molecular formula is C17H14FNO5. The third kappa shape index (κ3) is 2.88. The fourth-order valence-corrected chi connectivity index (χ4v) is 2.52. The first-order chi connectivity index (χ1) is 11.5. The molecule has 0 atom stereocenters. The summed E-state index contributed by atoms with van der Waals surface area (Å²) >= 11 is 0. The van der Waals surface area contributed by atoms with Crippen LogP contribution in [0.5, 0.6) is 5.75 Å². The maximum atomic E-state index is 14.6. The molecule has 0 spiro atoms. The van der Waals surface area contributed by atoms with E-state index >= 15 is 0 Å². The summed E-state index contributed by atoms with van der Waals surface area (Å²) in [5, 5.41) is 8.85. The van der Waals surface area contributed by atoms with Crippen molar-refractivity contribution >= 4 is 17.1 Å². The summed E-state index contributed by atoms with van der Waals surface area (Å²) in [6.07, 6.45) is -0.469. The zero-order valence-electron chi connectivity index (χ0n) is 12.8. The summed E-state index contributed by atoms with van der Waals surface area (Å²) in [6.45, 7) is 0.100. The van der Waals surface area contributed by atoms with Crippen LogP contribution in [0.15, 0.2) is 45.6 Å². The first-order valence-corrected chi connectivity index (χ1v) is 7.15. The number of carboxylic acids is 1. The van der Waals surface area contributed by atoms with E-state index in [1.807, 2.05) is 0 Å². The molecule has 0 amide bonds. The fourth-order valence-electron chi connectivity index (χ4n) is 2.52. The number of methoxy groups -OCH3 is 1. The van der Waals surface area contributed by atoms with E-state index < -0.39 is 24.0 Å². The van der Waals surface area contributed by atoms with Gasteiger partial charge in [-0.3, -0.25) is 9.36 Å². The maximum Gasteiger partial charge on any atom is 0.420 e. The van der Waals surface area contributed by atoms with Crippen LogP contribution in [-0.4, -0.2) is 22.8 Å². The molecule has 6 nitrogen and oxygen atoms in total. The number of fused-ring (bicyclic) bond motifs is 1. The Morgan fingerprint density at radius 1 is 1.25 bits per heavy atom. The molecule has 1 heterocycles. The van der Waals surface area contributed by atoms with E-state index in [1.54, 1.807) is 31.4 Å². The normalized spacial score (nSPS) is 10.9. The first-order valence-electron chi connectivity index (χ1n) is 7.15. The van der Waals surface area contributed by atoms with Crippen LogP contribution < -0.4 is 10.5 Å². The van der Waals surface area contributed by atoms with Gasteiger partial charge in [-0.05, 0) is 23.8 Å². The van der Waals surface area contributed by atoms with Crippen LogP contribution in [0.25, 0.3) is 11.1 Å². The van der Waals surface area contributed by atoms with Crippen molar-refractivity contribution in [1.82, 2.24) is 4.57 Å². The van der Waals surface area contributed by atoms with Crippen molar-refractivity contribution in [2.75, 3.05) is 7.11 Å². The van der Waals surface area contributed by atoms with Crippen molar-refractivity contribution < 1.29 is 23.4 Å². The Balaban J connectivity index is 2.07. The molecule has 0 aliphatic rings. The fraction of sp³-hybridized carbons (Fsp3) is 0.176. The lowest BCUT2D eigenvalue weighted by atomic mass is 10.1. The molecule has 0 aliphatic heterocycles. The van der Waals surface area contributed by atoms with E-state index in [2.05, 4.69) is 0 Å². The second-order valence-corrected chi connectivity index (χ2v) is 5.26. The van der Waals surface area contributed by atoms with Crippen LogP contribution in [0.3, 0.4) is 0 Å². The van der Waals surface area contributed by atoms with Crippen LogP contribution in [0.2, 0.25) is 0 Å². The molecule has 3 rings (SSSR count). The molecule has 0 unspecified atom stereocenters. The molecule has 0 bridgehead atoms. The third-order valence-electron chi connectivity index (χ3n) is 3.69. The summed E-state index contributed by atoms with van der Waals surface area (Å²) in [5.41, 5.74) is 0.803. The Kier molecular flexibility index (Phi) is 4.07. The van der Waals surface area contributed by atoms with Gasteiger partial charge in [0.2, 0.25) is 0 Å². The third-order valence-corrected chi connectivity index (χ3v) is 3.69. The standard InChI is InChI=1S/C17H14FNO5/c1-23-12-5-2-10(3-6-12)9-19-16-13(24-17(19)22)7-4-11(15(16)18)8-14(20)21/h2-7H,8-9H2,1H3,(H,20,21). The summed E-state index contributed by atoms with van der Waals surface area (Å²) in [6, 6.07) is 9.69. The maximum absolute atomic E-state index is 14.6. The monoisotopic (exact) mass is 331 g/mol. The molecule has 1 N–H and O–H groups in total. The molecule has 7 heteroatoms. The number of aliphatic carboxylic acids is 1. The summed E-state index contributed by atoms with van der Waals surface area (Å²) in [7, 11) is 1.54. The second kappa shape index (κ2) is 6.19. The molecular weight excluding hydrogens is 317 g/mol. The van der Waals surface area contributed by atoms with Gasteiger partial charge in [-0.1, -0.05) is 18.2 Å². The van der Waals surface area contributed by atoms with Gasteiger partial charge in [0.05, 0.1) is 20.1 Å². The Morgan fingerprint density at radius 3 is 2.58 bits per heavy atom. The molecule has 2 aromatic carbocycles. The van der Waals surface area contributed by atoms with Crippen molar-refractivity contribution in [1.29, 1.82) is 0 Å². The summed E-state index contributed by atoms with van der Waals surface area (Å²) < 4.78 is 25.9. The number of ether oxygens (including phenoxy) is 1. The van der Waals surface area contributed by atoms with Gasteiger partial charge < -0.3 is 14.3 Å². The average Bonchev–Trinajstić information content (AvgIpc) is 2.87. The number of rotatable bonds is 5. The number of benzene rings is 2. The quantitative estimate of drug-likeness (QED) is 0.776. The van der Waals surface area contributed by atoms with E-state index in [0.717, 1.165) is 10.1 Å². The van der Waals surface area contributed by atoms with E-state index in [1.165, 1.54) is 12.1 Å². The average molecular weight is 331 g/mol. The zero-order chi connectivity index (χ0) is 17.3. The number of carbonyl (C=O) groups is 1. The number of nitrogens with zero attached hydrogens (tertiary/aromatic N) is 1. The number of aromatic nitrogens is 1. The highest BCUT2D eigenvalue weighted by atomic mass is 19.1. The molecule has 1 aromatic heterocycles. The number of hydrogen-bond acceptors (Lipinski definition) is 4. The number of halogens is 1. The number of carboxylic acid groups (broad SMARTS) is 1. The minimum absolute atomic E-state index is 0.000666. The lowest BCUT2D eigenvalue weighted by molar-refractivity contribution is -0.136. The van der Waals surface area contributed by atoms with E-state index in [-0.39, 0.29) is 23.2 Å². The molecule has 0 radical (unpaired) electrons. The molecule has 0 fully saturated rings. The van der Waals surface area contributed by atoms with E-state index in [0.29, 0.717) is 5.75 Å². The largest absolute Gasteiger partial charge is 0.497 e. The first kappa shape index (κ1) is 15.8. The lowest BCUT2D eigenvalue weighted by Gasteiger charge is -2.06. The van der Waals surface area contributed by atoms with Crippen LogP contribution in [0.1, 0.15) is 11.1 Å². The molecule has 0 saturated heterocycles. The van der Waals surface area contributed by atoms with Gasteiger partial charge in [-0.15, -0.1) is 0 Å². The highest BCUT2D eigenvalue weighted by Crippen LogP contribution is 2.22. The smallest absolute Gasteiger partial charge is 0.420 e. The Bertz CT molecular complexity index is 956. The van der Waals surface area contributed by atoms with Crippen LogP contribution in [0, 0.1) is 5.82 Å². The summed E-state index contributed by atoms with van der Waals surface area (Å²) in [4.78, 5) is 22.9.